The molecule has 0 saturated carbocycles. The van der Waals surface area contributed by atoms with Crippen molar-refractivity contribution in [2.24, 2.45) is 0 Å². The second-order valence-corrected chi connectivity index (χ2v) is 8.34. The highest BCUT2D eigenvalue weighted by Gasteiger charge is 2.18. The summed E-state index contributed by atoms with van der Waals surface area (Å²) in [5.74, 6) is 0.257. The summed E-state index contributed by atoms with van der Waals surface area (Å²) >= 11 is 4.94. The van der Waals surface area contributed by atoms with Gasteiger partial charge >= 0.3 is 0 Å². The van der Waals surface area contributed by atoms with Crippen molar-refractivity contribution in [2.75, 3.05) is 32.7 Å². The number of carbonyl (C=O) groups is 1. The number of thiophene rings is 1. The van der Waals surface area contributed by atoms with Gasteiger partial charge in [-0.3, -0.25) is 9.69 Å². The van der Waals surface area contributed by atoms with Crippen LogP contribution in [0.2, 0.25) is 0 Å². The second kappa shape index (κ2) is 8.20. The van der Waals surface area contributed by atoms with Crippen molar-refractivity contribution in [3.8, 4) is 0 Å². The molecule has 3 rings (SSSR count). The fourth-order valence-corrected chi connectivity index (χ4v) is 4.21. The zero-order valence-electron chi connectivity index (χ0n) is 13.1. The number of ketones is 1. The molecule has 2 heterocycles. The highest BCUT2D eigenvalue weighted by Crippen LogP contribution is 2.23. The van der Waals surface area contributed by atoms with E-state index in [0.29, 0.717) is 6.42 Å². The third-order valence-electron chi connectivity index (χ3n) is 4.22. The lowest BCUT2D eigenvalue weighted by molar-refractivity contribution is 0.0926. The lowest BCUT2D eigenvalue weighted by Gasteiger charge is -2.34. The summed E-state index contributed by atoms with van der Waals surface area (Å²) in [6, 6.07) is 14.5. The van der Waals surface area contributed by atoms with Crippen LogP contribution in [-0.4, -0.2) is 48.3 Å². The van der Waals surface area contributed by atoms with Gasteiger partial charge in [-0.05, 0) is 33.6 Å². The monoisotopic (exact) mass is 392 g/mol. The number of nitrogens with zero attached hydrogens (tertiary/aromatic N) is 2. The molecular weight excluding hydrogens is 372 g/mol. The molecular formula is C18H21BrN2OS. The van der Waals surface area contributed by atoms with Gasteiger partial charge in [-0.2, -0.15) is 0 Å². The molecule has 1 saturated heterocycles. The molecule has 1 aromatic heterocycles. The Morgan fingerprint density at radius 3 is 2.35 bits per heavy atom. The maximum atomic E-state index is 12.2. The lowest BCUT2D eigenvalue weighted by atomic mass is 10.2. The van der Waals surface area contributed by atoms with Gasteiger partial charge < -0.3 is 4.90 Å². The molecule has 122 valence electrons. The fourth-order valence-electron chi connectivity index (χ4n) is 2.86. The van der Waals surface area contributed by atoms with E-state index in [1.165, 1.54) is 16.9 Å². The van der Waals surface area contributed by atoms with Crippen molar-refractivity contribution >= 4 is 33.0 Å². The van der Waals surface area contributed by atoms with E-state index in [4.69, 9.17) is 0 Å². The van der Waals surface area contributed by atoms with Crippen LogP contribution in [0.3, 0.4) is 0 Å². The molecule has 3 nitrogen and oxygen atoms in total. The van der Waals surface area contributed by atoms with E-state index < -0.39 is 0 Å². The molecule has 0 amide bonds. The molecule has 23 heavy (non-hydrogen) atoms. The van der Waals surface area contributed by atoms with Gasteiger partial charge in [0.25, 0.3) is 0 Å². The highest BCUT2D eigenvalue weighted by molar-refractivity contribution is 9.11. The SMILES string of the molecule is O=C(CCN1CCN(Cc2ccccc2)CC1)c1ccc(Br)s1. The molecule has 1 fully saturated rings. The summed E-state index contributed by atoms with van der Waals surface area (Å²) in [6.45, 7) is 6.15. The predicted octanol–water partition coefficient (Wildman–Crippen LogP) is 3.90. The van der Waals surface area contributed by atoms with Gasteiger partial charge in [-0.25, -0.2) is 0 Å². The van der Waals surface area contributed by atoms with Crippen LogP contribution in [0.1, 0.15) is 21.7 Å². The number of hydrogen-bond donors (Lipinski definition) is 0. The van der Waals surface area contributed by atoms with Gasteiger partial charge in [0.2, 0.25) is 0 Å². The van der Waals surface area contributed by atoms with Crippen molar-refractivity contribution < 1.29 is 4.79 Å². The summed E-state index contributed by atoms with van der Waals surface area (Å²) in [7, 11) is 0. The first-order valence-corrected chi connectivity index (χ1v) is 9.59. The van der Waals surface area contributed by atoms with Crippen LogP contribution < -0.4 is 0 Å². The number of benzene rings is 1. The molecule has 0 atom stereocenters. The minimum absolute atomic E-state index is 0.257. The zero-order chi connectivity index (χ0) is 16.1. The maximum absolute atomic E-state index is 12.2. The van der Waals surface area contributed by atoms with E-state index in [-0.39, 0.29) is 5.78 Å². The molecule has 5 heteroatoms. The van der Waals surface area contributed by atoms with Crippen LogP contribution in [0, 0.1) is 0 Å². The molecule has 0 bridgehead atoms. The van der Waals surface area contributed by atoms with Gasteiger partial charge in [0, 0.05) is 45.7 Å². The third kappa shape index (κ3) is 4.98. The Bertz CT molecular complexity index is 635. The van der Waals surface area contributed by atoms with Crippen molar-refractivity contribution in [3.05, 3.63) is 56.7 Å². The molecule has 0 radical (unpaired) electrons. The van der Waals surface area contributed by atoms with E-state index >= 15 is 0 Å². The smallest absolute Gasteiger partial charge is 0.174 e. The summed E-state index contributed by atoms with van der Waals surface area (Å²) < 4.78 is 1.02. The summed E-state index contributed by atoms with van der Waals surface area (Å²) in [5.41, 5.74) is 1.37. The summed E-state index contributed by atoms with van der Waals surface area (Å²) in [6.07, 6.45) is 0.617. The number of carbonyl (C=O) groups excluding carboxylic acids is 1. The number of halogens is 1. The van der Waals surface area contributed by atoms with E-state index in [1.54, 1.807) is 0 Å². The van der Waals surface area contributed by atoms with Crippen molar-refractivity contribution in [1.82, 2.24) is 9.80 Å². The van der Waals surface area contributed by atoms with Crippen molar-refractivity contribution in [2.45, 2.75) is 13.0 Å². The number of Topliss-reactive ketones (excluding diaryl/α,β-unsaturated/α-hetero) is 1. The van der Waals surface area contributed by atoms with Crippen LogP contribution >= 0.6 is 27.3 Å². The number of rotatable bonds is 6. The minimum Gasteiger partial charge on any atom is -0.300 e. The summed E-state index contributed by atoms with van der Waals surface area (Å²) in [4.78, 5) is 17.9. The van der Waals surface area contributed by atoms with E-state index in [2.05, 4.69) is 56.1 Å². The Hall–Kier alpha value is -1.01. The standard InChI is InChI=1S/C18H21BrN2OS/c19-18-7-6-17(23-18)16(22)8-9-20-10-12-21(13-11-20)14-15-4-2-1-3-5-15/h1-7H,8-14H2. The number of hydrogen-bond acceptors (Lipinski definition) is 4. The van der Waals surface area contributed by atoms with Gasteiger partial charge in [-0.15, -0.1) is 11.3 Å². The van der Waals surface area contributed by atoms with Gasteiger partial charge in [-0.1, -0.05) is 30.3 Å². The molecule has 1 aromatic carbocycles. The molecule has 1 aliphatic rings. The van der Waals surface area contributed by atoms with Crippen molar-refractivity contribution in [1.29, 1.82) is 0 Å². The van der Waals surface area contributed by atoms with E-state index in [1.807, 2.05) is 12.1 Å². The quantitative estimate of drug-likeness (QED) is 0.696. The largest absolute Gasteiger partial charge is 0.300 e. The van der Waals surface area contributed by atoms with Crippen LogP contribution in [0.4, 0.5) is 0 Å². The molecule has 0 spiro atoms. The Labute approximate surface area is 150 Å². The highest BCUT2D eigenvalue weighted by atomic mass is 79.9. The summed E-state index contributed by atoms with van der Waals surface area (Å²) in [5, 5.41) is 0. The average Bonchev–Trinajstić information content (AvgIpc) is 3.01. The normalized spacial score (nSPS) is 16.6. The van der Waals surface area contributed by atoms with E-state index in [0.717, 1.165) is 47.9 Å². The fraction of sp³-hybridized carbons (Fsp3) is 0.389. The van der Waals surface area contributed by atoms with Crippen LogP contribution in [-0.2, 0) is 6.54 Å². The molecule has 0 N–H and O–H groups in total. The van der Waals surface area contributed by atoms with Gasteiger partial charge in [0.05, 0.1) is 8.66 Å². The van der Waals surface area contributed by atoms with Crippen molar-refractivity contribution in [3.63, 3.8) is 0 Å². The van der Waals surface area contributed by atoms with Crippen LogP contribution in [0.15, 0.2) is 46.3 Å². The first-order chi connectivity index (χ1) is 11.2. The number of piperazine rings is 1. The lowest BCUT2D eigenvalue weighted by Crippen LogP contribution is -2.46. The first kappa shape index (κ1) is 16.8. The minimum atomic E-state index is 0.257. The van der Waals surface area contributed by atoms with Crippen LogP contribution in [0.5, 0.6) is 0 Å². The van der Waals surface area contributed by atoms with Gasteiger partial charge in [0.1, 0.15) is 0 Å². The average molecular weight is 393 g/mol. The Balaban J connectivity index is 1.40. The van der Waals surface area contributed by atoms with E-state index in [9.17, 15) is 4.79 Å². The topological polar surface area (TPSA) is 23.6 Å². The van der Waals surface area contributed by atoms with Gasteiger partial charge in [0.15, 0.2) is 5.78 Å². The molecule has 1 aliphatic heterocycles. The molecule has 0 aliphatic carbocycles. The Morgan fingerprint density at radius 2 is 1.70 bits per heavy atom. The zero-order valence-corrected chi connectivity index (χ0v) is 15.5. The Kier molecular flexibility index (Phi) is 6.00. The molecule has 0 unspecified atom stereocenters. The molecule has 2 aromatic rings. The van der Waals surface area contributed by atoms with Crippen LogP contribution in [0.25, 0.3) is 0 Å². The Morgan fingerprint density at radius 1 is 1.00 bits per heavy atom. The third-order valence-corrected chi connectivity index (χ3v) is 5.88. The predicted molar refractivity (Wildman–Crippen MR) is 99.1 cm³/mol. The maximum Gasteiger partial charge on any atom is 0.174 e. The second-order valence-electron chi connectivity index (χ2n) is 5.88. The first-order valence-electron chi connectivity index (χ1n) is 7.98.